The van der Waals surface area contributed by atoms with Crippen LogP contribution < -0.4 is 9.47 Å². The van der Waals surface area contributed by atoms with Crippen molar-refractivity contribution < 1.29 is 13.9 Å². The van der Waals surface area contributed by atoms with Gasteiger partial charge in [-0.05, 0) is 56.6 Å². The lowest BCUT2D eigenvalue weighted by molar-refractivity contribution is 0.254. The predicted molar refractivity (Wildman–Crippen MR) is 116 cm³/mol. The van der Waals surface area contributed by atoms with E-state index in [1.807, 2.05) is 30.3 Å². The molecule has 0 aliphatic carbocycles. The minimum absolute atomic E-state index is 0.610. The summed E-state index contributed by atoms with van der Waals surface area (Å²) in [4.78, 5) is 7.25. The van der Waals surface area contributed by atoms with Crippen LogP contribution in [0.4, 0.5) is 0 Å². The fourth-order valence-corrected chi connectivity index (χ4v) is 4.03. The highest BCUT2D eigenvalue weighted by atomic mass is 35.5. The van der Waals surface area contributed by atoms with Crippen molar-refractivity contribution in [1.29, 1.82) is 0 Å². The molecular formula is C23H27ClN2O3. The SMILES string of the molecule is CCc1ccc(-c2cc(Cl)c3cc(OC)c(OCCCN4CCCC4)cc3n2)o1. The molecule has 0 atom stereocenters. The fourth-order valence-electron chi connectivity index (χ4n) is 3.77. The highest BCUT2D eigenvalue weighted by molar-refractivity contribution is 6.35. The average Bonchev–Trinajstić information content (AvgIpc) is 3.42. The van der Waals surface area contributed by atoms with Gasteiger partial charge in [0.1, 0.15) is 11.5 Å². The Bertz CT molecular complexity index is 980. The number of aryl methyl sites for hydroxylation is 1. The smallest absolute Gasteiger partial charge is 0.163 e. The van der Waals surface area contributed by atoms with Crippen molar-refractivity contribution in [2.24, 2.45) is 0 Å². The summed E-state index contributed by atoms with van der Waals surface area (Å²) in [5.74, 6) is 3.00. The number of nitrogens with zero attached hydrogens (tertiary/aromatic N) is 2. The number of hydrogen-bond acceptors (Lipinski definition) is 5. The summed E-state index contributed by atoms with van der Waals surface area (Å²) >= 11 is 6.55. The van der Waals surface area contributed by atoms with E-state index in [0.29, 0.717) is 28.8 Å². The zero-order chi connectivity index (χ0) is 20.2. The first-order valence-electron chi connectivity index (χ1n) is 10.3. The van der Waals surface area contributed by atoms with Gasteiger partial charge in [-0.15, -0.1) is 0 Å². The molecule has 0 N–H and O–H groups in total. The van der Waals surface area contributed by atoms with Gasteiger partial charge in [-0.3, -0.25) is 0 Å². The topological polar surface area (TPSA) is 47.7 Å². The third kappa shape index (κ3) is 4.51. The van der Waals surface area contributed by atoms with Crippen LogP contribution in [0.2, 0.25) is 5.02 Å². The Morgan fingerprint density at radius 3 is 2.69 bits per heavy atom. The van der Waals surface area contributed by atoms with E-state index in [1.54, 1.807) is 7.11 Å². The van der Waals surface area contributed by atoms with Crippen molar-refractivity contribution in [2.45, 2.75) is 32.6 Å². The molecular weight excluding hydrogens is 388 g/mol. The highest BCUT2D eigenvalue weighted by Gasteiger charge is 2.15. The molecule has 29 heavy (non-hydrogen) atoms. The number of furan rings is 1. The van der Waals surface area contributed by atoms with Crippen LogP contribution in [0, 0.1) is 0 Å². The van der Waals surface area contributed by atoms with Crippen molar-refractivity contribution in [1.82, 2.24) is 9.88 Å². The molecule has 4 rings (SSSR count). The molecule has 1 aliphatic rings. The molecule has 0 saturated carbocycles. The summed E-state index contributed by atoms with van der Waals surface area (Å²) in [5, 5.41) is 1.44. The third-order valence-corrected chi connectivity index (χ3v) is 5.69. The maximum Gasteiger partial charge on any atom is 0.163 e. The number of ether oxygens (including phenoxy) is 2. The predicted octanol–water partition coefficient (Wildman–Crippen LogP) is 5.58. The molecule has 0 bridgehead atoms. The van der Waals surface area contributed by atoms with Gasteiger partial charge in [0, 0.05) is 24.4 Å². The maximum absolute atomic E-state index is 6.55. The summed E-state index contributed by atoms with van der Waals surface area (Å²) in [6.07, 6.45) is 4.45. The van der Waals surface area contributed by atoms with Crippen LogP contribution in [-0.2, 0) is 6.42 Å². The van der Waals surface area contributed by atoms with Crippen LogP contribution >= 0.6 is 11.6 Å². The van der Waals surface area contributed by atoms with Crippen LogP contribution in [0.25, 0.3) is 22.4 Å². The number of benzene rings is 1. The Balaban J connectivity index is 1.56. The normalized spacial score (nSPS) is 14.6. The van der Waals surface area contributed by atoms with E-state index in [0.717, 1.165) is 41.8 Å². The average molecular weight is 415 g/mol. The molecule has 0 amide bonds. The van der Waals surface area contributed by atoms with E-state index < -0.39 is 0 Å². The first-order valence-corrected chi connectivity index (χ1v) is 10.7. The number of hydrogen-bond donors (Lipinski definition) is 0. The first kappa shape index (κ1) is 20.0. The number of aromatic nitrogens is 1. The molecule has 2 aromatic heterocycles. The second-order valence-electron chi connectivity index (χ2n) is 7.38. The van der Waals surface area contributed by atoms with Crippen molar-refractivity contribution in [3.8, 4) is 23.0 Å². The Kier molecular flexibility index (Phi) is 6.26. The van der Waals surface area contributed by atoms with Gasteiger partial charge in [-0.1, -0.05) is 18.5 Å². The standard InChI is InChI=1S/C23H27ClN2O3/c1-3-16-7-8-21(29-16)20-14-18(24)17-13-22(27-2)23(15-19(17)25-20)28-12-6-11-26-9-4-5-10-26/h7-8,13-15H,3-6,9-12H2,1-2H3. The Morgan fingerprint density at radius 1 is 1.14 bits per heavy atom. The Labute approximate surface area is 176 Å². The number of methoxy groups -OCH3 is 1. The Morgan fingerprint density at radius 2 is 1.97 bits per heavy atom. The first-order chi connectivity index (χ1) is 14.2. The molecule has 1 fully saturated rings. The summed E-state index contributed by atoms with van der Waals surface area (Å²) in [7, 11) is 1.64. The molecule has 3 heterocycles. The van der Waals surface area contributed by atoms with E-state index >= 15 is 0 Å². The van der Waals surface area contributed by atoms with Gasteiger partial charge in [0.25, 0.3) is 0 Å². The number of fused-ring (bicyclic) bond motifs is 1. The summed E-state index contributed by atoms with van der Waals surface area (Å²) in [6.45, 7) is 6.18. The minimum Gasteiger partial charge on any atom is -0.493 e. The van der Waals surface area contributed by atoms with E-state index in [4.69, 9.17) is 30.5 Å². The summed E-state index contributed by atoms with van der Waals surface area (Å²) in [6, 6.07) is 9.53. The quantitative estimate of drug-likeness (QED) is 0.450. The van der Waals surface area contributed by atoms with Gasteiger partial charge in [0.05, 0.1) is 24.3 Å². The van der Waals surface area contributed by atoms with Gasteiger partial charge < -0.3 is 18.8 Å². The number of halogens is 1. The van der Waals surface area contributed by atoms with Crippen molar-refractivity contribution in [2.75, 3.05) is 33.4 Å². The fraction of sp³-hybridized carbons (Fsp3) is 0.435. The molecule has 0 radical (unpaired) electrons. The molecule has 154 valence electrons. The van der Waals surface area contributed by atoms with Crippen LogP contribution in [-0.4, -0.2) is 43.2 Å². The van der Waals surface area contributed by atoms with E-state index in [2.05, 4.69) is 11.8 Å². The summed E-state index contributed by atoms with van der Waals surface area (Å²) in [5.41, 5.74) is 1.48. The lowest BCUT2D eigenvalue weighted by Gasteiger charge is -2.16. The van der Waals surface area contributed by atoms with E-state index in [1.165, 1.54) is 25.9 Å². The lowest BCUT2D eigenvalue weighted by atomic mass is 10.1. The van der Waals surface area contributed by atoms with E-state index in [9.17, 15) is 0 Å². The lowest BCUT2D eigenvalue weighted by Crippen LogP contribution is -2.21. The second kappa shape index (κ2) is 9.06. The highest BCUT2D eigenvalue weighted by Crippen LogP contribution is 2.37. The molecule has 1 aliphatic heterocycles. The van der Waals surface area contributed by atoms with Crippen molar-refractivity contribution >= 4 is 22.5 Å². The minimum atomic E-state index is 0.610. The van der Waals surface area contributed by atoms with Crippen LogP contribution in [0.3, 0.4) is 0 Å². The molecule has 0 unspecified atom stereocenters. The van der Waals surface area contributed by atoms with Crippen molar-refractivity contribution in [3.63, 3.8) is 0 Å². The van der Waals surface area contributed by atoms with Gasteiger partial charge in [0.15, 0.2) is 17.3 Å². The molecule has 6 heteroatoms. The van der Waals surface area contributed by atoms with Gasteiger partial charge in [-0.2, -0.15) is 0 Å². The van der Waals surface area contributed by atoms with Gasteiger partial charge in [-0.25, -0.2) is 4.98 Å². The number of rotatable bonds is 8. The van der Waals surface area contributed by atoms with Crippen LogP contribution in [0.15, 0.2) is 34.7 Å². The van der Waals surface area contributed by atoms with Crippen LogP contribution in [0.5, 0.6) is 11.5 Å². The zero-order valence-corrected chi connectivity index (χ0v) is 17.8. The Hall–Kier alpha value is -2.24. The maximum atomic E-state index is 6.55. The molecule has 1 saturated heterocycles. The van der Waals surface area contributed by atoms with Gasteiger partial charge in [0.2, 0.25) is 0 Å². The largest absolute Gasteiger partial charge is 0.493 e. The molecule has 1 aromatic carbocycles. The van der Waals surface area contributed by atoms with Crippen molar-refractivity contribution in [3.05, 3.63) is 41.1 Å². The molecule has 3 aromatic rings. The summed E-state index contributed by atoms with van der Waals surface area (Å²) < 4.78 is 17.4. The number of pyridine rings is 1. The van der Waals surface area contributed by atoms with E-state index in [-0.39, 0.29) is 0 Å². The number of likely N-dealkylation sites (tertiary alicyclic amines) is 1. The third-order valence-electron chi connectivity index (χ3n) is 5.38. The second-order valence-corrected chi connectivity index (χ2v) is 7.79. The molecule has 5 nitrogen and oxygen atoms in total. The zero-order valence-electron chi connectivity index (χ0n) is 17.0. The monoisotopic (exact) mass is 414 g/mol. The molecule has 0 spiro atoms. The van der Waals surface area contributed by atoms with Crippen LogP contribution in [0.1, 0.15) is 31.9 Å². The van der Waals surface area contributed by atoms with Gasteiger partial charge >= 0.3 is 0 Å².